The minimum atomic E-state index is -0.292. The number of hydrogen-bond donors (Lipinski definition) is 0. The number of carbonyl (C=O) groups is 1. The average Bonchev–Trinajstić information content (AvgIpc) is 3.15. The van der Waals surface area contributed by atoms with Gasteiger partial charge in [0.1, 0.15) is 5.82 Å². The summed E-state index contributed by atoms with van der Waals surface area (Å²) in [4.78, 5) is 14.3. The molecule has 0 aliphatic carbocycles. The smallest absolute Gasteiger partial charge is 0.246 e. The van der Waals surface area contributed by atoms with Crippen molar-refractivity contribution < 1.29 is 13.9 Å². The minimum Gasteiger partial charge on any atom is -0.376 e. The second-order valence-corrected chi connectivity index (χ2v) is 6.19. The van der Waals surface area contributed by atoms with Crippen molar-refractivity contribution in [3.05, 3.63) is 77.6 Å². The molecule has 1 unspecified atom stereocenters. The largest absolute Gasteiger partial charge is 0.376 e. The highest BCUT2D eigenvalue weighted by molar-refractivity contribution is 5.91. The van der Waals surface area contributed by atoms with Crippen LogP contribution in [0, 0.1) is 5.82 Å². The van der Waals surface area contributed by atoms with Crippen LogP contribution in [-0.4, -0.2) is 30.1 Å². The van der Waals surface area contributed by atoms with Crippen LogP contribution in [0.15, 0.2) is 60.7 Å². The fraction of sp³-hybridized carbons (Fsp3) is 0.286. The lowest BCUT2D eigenvalue weighted by Crippen LogP contribution is -2.36. The lowest BCUT2D eigenvalue weighted by Gasteiger charge is -2.24. The van der Waals surface area contributed by atoms with E-state index in [2.05, 4.69) is 0 Å². The van der Waals surface area contributed by atoms with Gasteiger partial charge in [-0.2, -0.15) is 0 Å². The van der Waals surface area contributed by atoms with Crippen LogP contribution in [0.25, 0.3) is 6.08 Å². The molecule has 1 fully saturated rings. The van der Waals surface area contributed by atoms with E-state index in [0.717, 1.165) is 25.0 Å². The zero-order valence-electron chi connectivity index (χ0n) is 14.1. The van der Waals surface area contributed by atoms with E-state index in [0.29, 0.717) is 12.1 Å². The Morgan fingerprint density at radius 3 is 2.64 bits per heavy atom. The van der Waals surface area contributed by atoms with Gasteiger partial charge in [-0.05, 0) is 30.5 Å². The molecule has 0 saturated carbocycles. The van der Waals surface area contributed by atoms with E-state index in [1.54, 1.807) is 35.3 Å². The molecule has 1 amide bonds. The Kier molecular flexibility index (Phi) is 5.96. The molecule has 130 valence electrons. The fourth-order valence-corrected chi connectivity index (χ4v) is 2.94. The molecule has 1 heterocycles. The summed E-state index contributed by atoms with van der Waals surface area (Å²) in [5.74, 6) is -0.428. The minimum absolute atomic E-state index is 0.0286. The third kappa shape index (κ3) is 5.00. The summed E-state index contributed by atoms with van der Waals surface area (Å²) in [7, 11) is 0. The predicted molar refractivity (Wildman–Crippen MR) is 96.3 cm³/mol. The van der Waals surface area contributed by atoms with Crippen LogP contribution in [0.1, 0.15) is 24.0 Å². The Hall–Kier alpha value is -2.46. The Labute approximate surface area is 147 Å². The molecule has 2 aromatic rings. The van der Waals surface area contributed by atoms with Crippen LogP contribution in [-0.2, 0) is 16.1 Å². The molecule has 0 bridgehead atoms. The topological polar surface area (TPSA) is 29.5 Å². The molecule has 4 heteroatoms. The second kappa shape index (κ2) is 8.58. The van der Waals surface area contributed by atoms with Gasteiger partial charge < -0.3 is 9.64 Å². The van der Waals surface area contributed by atoms with Gasteiger partial charge >= 0.3 is 0 Å². The van der Waals surface area contributed by atoms with E-state index in [1.165, 1.54) is 6.07 Å². The zero-order valence-corrected chi connectivity index (χ0v) is 14.1. The highest BCUT2D eigenvalue weighted by Crippen LogP contribution is 2.17. The summed E-state index contributed by atoms with van der Waals surface area (Å²) in [6, 6.07) is 16.2. The summed E-state index contributed by atoms with van der Waals surface area (Å²) in [5, 5.41) is 0. The van der Waals surface area contributed by atoms with Crippen LogP contribution in [0.4, 0.5) is 4.39 Å². The first kappa shape index (κ1) is 17.4. The van der Waals surface area contributed by atoms with Gasteiger partial charge in [0.2, 0.25) is 5.91 Å². The molecule has 0 N–H and O–H groups in total. The molecule has 3 nitrogen and oxygen atoms in total. The first-order valence-electron chi connectivity index (χ1n) is 8.59. The number of carbonyl (C=O) groups excluding carboxylic acids is 1. The van der Waals surface area contributed by atoms with E-state index in [4.69, 9.17) is 4.74 Å². The van der Waals surface area contributed by atoms with Crippen molar-refractivity contribution in [3.63, 3.8) is 0 Å². The van der Waals surface area contributed by atoms with Gasteiger partial charge in [-0.25, -0.2) is 4.39 Å². The van der Waals surface area contributed by atoms with Crippen LogP contribution < -0.4 is 0 Å². The van der Waals surface area contributed by atoms with E-state index in [1.807, 2.05) is 30.3 Å². The lowest BCUT2D eigenvalue weighted by atomic mass is 10.1. The third-order valence-corrected chi connectivity index (χ3v) is 4.30. The second-order valence-electron chi connectivity index (χ2n) is 6.19. The molecule has 0 aromatic heterocycles. The number of hydrogen-bond acceptors (Lipinski definition) is 2. The lowest BCUT2D eigenvalue weighted by molar-refractivity contribution is -0.128. The highest BCUT2D eigenvalue weighted by Gasteiger charge is 2.22. The normalized spacial score (nSPS) is 17.1. The SMILES string of the molecule is O=C(/C=C/c1ccccc1)N(Cc1ccccc1F)CC1CCCO1. The summed E-state index contributed by atoms with van der Waals surface area (Å²) < 4.78 is 19.6. The number of benzene rings is 2. The van der Waals surface area contributed by atoms with E-state index in [-0.39, 0.29) is 24.4 Å². The van der Waals surface area contributed by atoms with Gasteiger partial charge in [0.25, 0.3) is 0 Å². The predicted octanol–water partition coefficient (Wildman–Crippen LogP) is 4.05. The van der Waals surface area contributed by atoms with Crippen molar-refractivity contribution in [2.24, 2.45) is 0 Å². The van der Waals surface area contributed by atoms with Crippen molar-refractivity contribution >= 4 is 12.0 Å². The van der Waals surface area contributed by atoms with Gasteiger partial charge in [-0.15, -0.1) is 0 Å². The summed E-state index contributed by atoms with van der Waals surface area (Å²) in [6.07, 6.45) is 5.30. The van der Waals surface area contributed by atoms with E-state index in [9.17, 15) is 9.18 Å². The maximum atomic E-state index is 14.0. The number of nitrogens with zero attached hydrogens (tertiary/aromatic N) is 1. The van der Waals surface area contributed by atoms with Gasteiger partial charge in [0, 0.05) is 31.3 Å². The maximum Gasteiger partial charge on any atom is 0.246 e. The van der Waals surface area contributed by atoms with E-state index >= 15 is 0 Å². The zero-order chi connectivity index (χ0) is 17.5. The molecule has 2 aromatic carbocycles. The Balaban J connectivity index is 1.73. The van der Waals surface area contributed by atoms with Crippen LogP contribution in [0.3, 0.4) is 0 Å². The Morgan fingerprint density at radius 1 is 1.16 bits per heavy atom. The van der Waals surface area contributed by atoms with Crippen LogP contribution >= 0.6 is 0 Å². The van der Waals surface area contributed by atoms with Crippen LogP contribution in [0.5, 0.6) is 0 Å². The molecule has 1 aliphatic heterocycles. The molecule has 1 atom stereocenters. The molecular weight excluding hydrogens is 317 g/mol. The average molecular weight is 339 g/mol. The van der Waals surface area contributed by atoms with Crippen LogP contribution in [0.2, 0.25) is 0 Å². The molecule has 0 spiro atoms. The quantitative estimate of drug-likeness (QED) is 0.743. The first-order chi connectivity index (χ1) is 12.2. The molecule has 3 rings (SSSR count). The number of rotatable bonds is 6. The van der Waals surface area contributed by atoms with Crippen molar-refractivity contribution in [1.29, 1.82) is 0 Å². The standard InChI is InChI=1S/C21H22FNO2/c22-20-11-5-4-9-18(20)15-23(16-19-10-6-14-25-19)21(24)13-12-17-7-2-1-3-8-17/h1-5,7-9,11-13,19H,6,10,14-16H2/b13-12+. The third-order valence-electron chi connectivity index (χ3n) is 4.30. The molecule has 1 saturated heterocycles. The monoisotopic (exact) mass is 339 g/mol. The summed E-state index contributed by atoms with van der Waals surface area (Å²) in [5.41, 5.74) is 1.47. The van der Waals surface area contributed by atoms with Crippen molar-refractivity contribution in [1.82, 2.24) is 4.90 Å². The highest BCUT2D eigenvalue weighted by atomic mass is 19.1. The van der Waals surface area contributed by atoms with Gasteiger partial charge in [-0.1, -0.05) is 48.5 Å². The molecule has 1 aliphatic rings. The number of amides is 1. The van der Waals surface area contributed by atoms with Gasteiger partial charge in [0.05, 0.1) is 6.10 Å². The van der Waals surface area contributed by atoms with Crippen molar-refractivity contribution in [2.75, 3.05) is 13.2 Å². The van der Waals surface area contributed by atoms with Gasteiger partial charge in [-0.3, -0.25) is 4.79 Å². The number of halogens is 1. The van der Waals surface area contributed by atoms with Gasteiger partial charge in [0.15, 0.2) is 0 Å². The first-order valence-corrected chi connectivity index (χ1v) is 8.59. The van der Waals surface area contributed by atoms with Crippen molar-refractivity contribution in [2.45, 2.75) is 25.5 Å². The van der Waals surface area contributed by atoms with E-state index < -0.39 is 0 Å². The maximum absolute atomic E-state index is 14.0. The molecular formula is C21H22FNO2. The number of ether oxygens (including phenoxy) is 1. The molecule has 25 heavy (non-hydrogen) atoms. The Bertz CT molecular complexity index is 724. The summed E-state index contributed by atoms with van der Waals surface area (Å²) >= 11 is 0. The van der Waals surface area contributed by atoms with Crippen molar-refractivity contribution in [3.8, 4) is 0 Å². The summed E-state index contributed by atoms with van der Waals surface area (Å²) in [6.45, 7) is 1.45. The molecule has 0 radical (unpaired) electrons. The fourth-order valence-electron chi connectivity index (χ4n) is 2.94. The Morgan fingerprint density at radius 2 is 1.92 bits per heavy atom.